The van der Waals surface area contributed by atoms with E-state index in [4.69, 9.17) is 27.4 Å². The number of nitrogens with two attached hydrogens (primary N) is 1. The van der Waals surface area contributed by atoms with Crippen LogP contribution >= 0.6 is 12.2 Å². The number of rotatable bonds is 8. The van der Waals surface area contributed by atoms with Crippen LogP contribution in [0.4, 0.5) is 0 Å². The van der Waals surface area contributed by atoms with Crippen LogP contribution in [0, 0.1) is 5.92 Å². The summed E-state index contributed by atoms with van der Waals surface area (Å²) in [6.45, 7) is 3.07. The molecule has 0 aliphatic carbocycles. The van der Waals surface area contributed by atoms with Crippen molar-refractivity contribution < 1.29 is 14.3 Å². The van der Waals surface area contributed by atoms with Gasteiger partial charge in [-0.2, -0.15) is 0 Å². The van der Waals surface area contributed by atoms with Crippen molar-refractivity contribution in [3.05, 3.63) is 29.8 Å². The molecule has 0 saturated heterocycles. The zero-order chi connectivity index (χ0) is 15.0. The van der Waals surface area contributed by atoms with Crippen LogP contribution < -0.4 is 15.8 Å². The van der Waals surface area contributed by atoms with Gasteiger partial charge in [0.25, 0.3) is 5.91 Å². The number of hydrogen-bond donors (Lipinski definition) is 2. The van der Waals surface area contributed by atoms with E-state index >= 15 is 0 Å². The van der Waals surface area contributed by atoms with E-state index in [1.165, 1.54) is 0 Å². The van der Waals surface area contributed by atoms with Gasteiger partial charge in [0.05, 0.1) is 12.2 Å². The Bertz CT molecular complexity index is 465. The number of benzene rings is 1. The smallest absolute Gasteiger partial charge is 0.257 e. The lowest BCUT2D eigenvalue weighted by atomic mass is 10.2. The molecule has 0 bridgehead atoms. The van der Waals surface area contributed by atoms with Crippen molar-refractivity contribution in [3.63, 3.8) is 0 Å². The third kappa shape index (κ3) is 5.54. The molecule has 1 rings (SSSR count). The number of thiocarbonyl (C=S) groups is 1. The summed E-state index contributed by atoms with van der Waals surface area (Å²) in [6.07, 6.45) is 0. The number of ether oxygens (including phenoxy) is 2. The summed E-state index contributed by atoms with van der Waals surface area (Å²) in [5.74, 6) is 0.582. The Morgan fingerprint density at radius 3 is 2.80 bits per heavy atom. The maximum Gasteiger partial charge on any atom is 0.257 e. The zero-order valence-corrected chi connectivity index (χ0v) is 12.5. The van der Waals surface area contributed by atoms with E-state index in [1.54, 1.807) is 25.3 Å². The first-order valence-corrected chi connectivity index (χ1v) is 6.72. The largest absolute Gasteiger partial charge is 0.483 e. The van der Waals surface area contributed by atoms with Crippen molar-refractivity contribution in [2.75, 3.05) is 26.9 Å². The van der Waals surface area contributed by atoms with Crippen LogP contribution in [0.5, 0.6) is 5.75 Å². The highest BCUT2D eigenvalue weighted by Gasteiger charge is 2.09. The van der Waals surface area contributed by atoms with Gasteiger partial charge >= 0.3 is 0 Å². The van der Waals surface area contributed by atoms with Crippen molar-refractivity contribution in [1.29, 1.82) is 0 Å². The number of carbonyl (C=O) groups excluding carboxylic acids is 1. The maximum atomic E-state index is 11.7. The molecule has 0 heterocycles. The highest BCUT2D eigenvalue weighted by atomic mass is 32.1. The third-order valence-electron chi connectivity index (χ3n) is 2.61. The summed E-state index contributed by atoms with van der Waals surface area (Å²) >= 11 is 4.93. The lowest BCUT2D eigenvalue weighted by Crippen LogP contribution is -2.33. The van der Waals surface area contributed by atoms with Crippen LogP contribution in [0.3, 0.4) is 0 Å². The van der Waals surface area contributed by atoms with Gasteiger partial charge in [0, 0.05) is 13.7 Å². The summed E-state index contributed by atoms with van der Waals surface area (Å²) in [5, 5.41) is 2.78. The van der Waals surface area contributed by atoms with Gasteiger partial charge in [-0.1, -0.05) is 31.3 Å². The second kappa shape index (κ2) is 8.50. The molecule has 1 aromatic rings. The second-order valence-electron chi connectivity index (χ2n) is 4.51. The predicted octanol–water partition coefficient (Wildman–Crippen LogP) is 1.10. The fourth-order valence-corrected chi connectivity index (χ4v) is 1.79. The Balaban J connectivity index is 2.43. The van der Waals surface area contributed by atoms with Gasteiger partial charge in [-0.05, 0) is 18.1 Å². The van der Waals surface area contributed by atoms with E-state index in [1.807, 2.05) is 13.0 Å². The summed E-state index contributed by atoms with van der Waals surface area (Å²) in [7, 11) is 1.63. The van der Waals surface area contributed by atoms with E-state index < -0.39 is 0 Å². The van der Waals surface area contributed by atoms with Crippen LogP contribution in [-0.2, 0) is 9.53 Å². The standard InChI is InChI=1S/C14H20N2O3S/c1-10(8-18-2)7-16-13(17)9-19-12-6-4-3-5-11(12)14(15)20/h3-6,10H,7-9H2,1-2H3,(H2,15,20)(H,16,17). The van der Waals surface area contributed by atoms with Gasteiger partial charge in [-0.15, -0.1) is 0 Å². The predicted molar refractivity (Wildman–Crippen MR) is 81.9 cm³/mol. The molecule has 110 valence electrons. The molecule has 1 unspecified atom stereocenters. The minimum Gasteiger partial charge on any atom is -0.483 e. The molecule has 3 N–H and O–H groups in total. The van der Waals surface area contributed by atoms with E-state index in [0.29, 0.717) is 24.5 Å². The fourth-order valence-electron chi connectivity index (χ4n) is 1.62. The Morgan fingerprint density at radius 2 is 2.15 bits per heavy atom. The molecule has 0 spiro atoms. The minimum atomic E-state index is -0.189. The number of amides is 1. The molecule has 1 amide bonds. The molecule has 0 saturated carbocycles. The highest BCUT2D eigenvalue weighted by molar-refractivity contribution is 7.80. The number of nitrogens with one attached hydrogen (secondary N) is 1. The van der Waals surface area contributed by atoms with Gasteiger partial charge in [0.15, 0.2) is 6.61 Å². The number of methoxy groups -OCH3 is 1. The molecule has 0 aliphatic heterocycles. The molecule has 5 nitrogen and oxygen atoms in total. The molecular weight excluding hydrogens is 276 g/mol. The second-order valence-corrected chi connectivity index (χ2v) is 4.95. The van der Waals surface area contributed by atoms with Crippen LogP contribution in [0.2, 0.25) is 0 Å². The van der Waals surface area contributed by atoms with Crippen LogP contribution in [0.25, 0.3) is 0 Å². The maximum absolute atomic E-state index is 11.7. The van der Waals surface area contributed by atoms with Gasteiger partial charge in [0.2, 0.25) is 0 Å². The molecular formula is C14H20N2O3S. The van der Waals surface area contributed by atoms with Crippen molar-refractivity contribution in [2.45, 2.75) is 6.92 Å². The first kappa shape index (κ1) is 16.4. The average molecular weight is 296 g/mol. The Kier molecular flexibility index (Phi) is 6.97. The fraction of sp³-hybridized carbons (Fsp3) is 0.429. The van der Waals surface area contributed by atoms with E-state index in [9.17, 15) is 4.79 Å². The van der Waals surface area contributed by atoms with Crippen molar-refractivity contribution in [3.8, 4) is 5.75 Å². The summed E-state index contributed by atoms with van der Waals surface area (Å²) < 4.78 is 10.4. The highest BCUT2D eigenvalue weighted by Crippen LogP contribution is 2.17. The van der Waals surface area contributed by atoms with Gasteiger partial charge in [-0.25, -0.2) is 0 Å². The lowest BCUT2D eigenvalue weighted by Gasteiger charge is -2.13. The van der Waals surface area contributed by atoms with Crippen molar-refractivity contribution >= 4 is 23.1 Å². The van der Waals surface area contributed by atoms with Crippen molar-refractivity contribution in [1.82, 2.24) is 5.32 Å². The quantitative estimate of drug-likeness (QED) is 0.703. The molecule has 0 fully saturated rings. The topological polar surface area (TPSA) is 73.6 Å². The van der Waals surface area contributed by atoms with Crippen molar-refractivity contribution in [2.24, 2.45) is 11.7 Å². The Labute approximate surface area is 124 Å². The molecule has 0 aliphatic rings. The molecule has 1 aromatic carbocycles. The van der Waals surface area contributed by atoms with E-state index in [-0.39, 0.29) is 23.4 Å². The number of para-hydroxylation sites is 1. The summed E-state index contributed by atoms with van der Waals surface area (Å²) in [6, 6.07) is 7.11. The monoisotopic (exact) mass is 296 g/mol. The first-order chi connectivity index (χ1) is 9.54. The van der Waals surface area contributed by atoms with Gasteiger partial charge < -0.3 is 20.5 Å². The molecule has 1 atom stereocenters. The average Bonchev–Trinajstić information content (AvgIpc) is 2.43. The van der Waals surface area contributed by atoms with Crippen LogP contribution in [-0.4, -0.2) is 37.8 Å². The Morgan fingerprint density at radius 1 is 1.45 bits per heavy atom. The molecule has 0 radical (unpaired) electrons. The molecule has 20 heavy (non-hydrogen) atoms. The van der Waals surface area contributed by atoms with E-state index in [0.717, 1.165) is 0 Å². The SMILES string of the molecule is COCC(C)CNC(=O)COc1ccccc1C(N)=S. The summed E-state index contributed by atoms with van der Waals surface area (Å²) in [4.78, 5) is 11.9. The Hall–Kier alpha value is -1.66. The molecule has 0 aromatic heterocycles. The van der Waals surface area contributed by atoms with Crippen LogP contribution in [0.15, 0.2) is 24.3 Å². The van der Waals surface area contributed by atoms with Crippen LogP contribution in [0.1, 0.15) is 12.5 Å². The number of hydrogen-bond acceptors (Lipinski definition) is 4. The van der Waals surface area contributed by atoms with E-state index in [2.05, 4.69) is 5.32 Å². The van der Waals surface area contributed by atoms with Gasteiger partial charge in [-0.3, -0.25) is 4.79 Å². The third-order valence-corrected chi connectivity index (χ3v) is 2.83. The number of carbonyl (C=O) groups is 1. The lowest BCUT2D eigenvalue weighted by molar-refractivity contribution is -0.123. The zero-order valence-electron chi connectivity index (χ0n) is 11.7. The molecule has 6 heteroatoms. The minimum absolute atomic E-state index is 0.0701. The van der Waals surface area contributed by atoms with Gasteiger partial charge in [0.1, 0.15) is 10.7 Å². The first-order valence-electron chi connectivity index (χ1n) is 6.31. The summed E-state index contributed by atoms with van der Waals surface area (Å²) in [5.41, 5.74) is 6.22. The normalized spacial score (nSPS) is 11.7.